The van der Waals surface area contributed by atoms with Crippen molar-refractivity contribution in [3.05, 3.63) is 75.8 Å². The van der Waals surface area contributed by atoms with Gasteiger partial charge in [-0.05, 0) is 36.8 Å². The molecule has 24 heavy (non-hydrogen) atoms. The number of nitrogens with zero attached hydrogens (tertiary/aromatic N) is 1. The third-order valence-corrected chi connectivity index (χ3v) is 3.50. The van der Waals surface area contributed by atoms with Crippen molar-refractivity contribution in [3.8, 4) is 5.75 Å². The van der Waals surface area contributed by atoms with E-state index in [0.29, 0.717) is 11.3 Å². The Labute approximate surface area is 139 Å². The van der Waals surface area contributed by atoms with Crippen molar-refractivity contribution in [2.75, 3.05) is 7.11 Å². The van der Waals surface area contributed by atoms with E-state index >= 15 is 0 Å². The Morgan fingerprint density at radius 3 is 2.50 bits per heavy atom. The summed E-state index contributed by atoms with van der Waals surface area (Å²) in [7, 11) is 1.59. The first-order valence-corrected chi connectivity index (χ1v) is 7.37. The molecule has 0 bridgehead atoms. The van der Waals surface area contributed by atoms with Crippen LogP contribution in [-0.2, 0) is 4.79 Å². The minimum atomic E-state index is -0.463. The number of benzene rings is 2. The maximum atomic E-state index is 12.0. The Hall–Kier alpha value is -3.15. The molecule has 0 heterocycles. The SMILES string of the molecule is COc1ccccc1[C@@H](C)NC(=O)/C=C/c1ccc([N+](=O)[O-])cc1. The van der Waals surface area contributed by atoms with Crippen LogP contribution in [0.4, 0.5) is 5.69 Å². The predicted octanol–water partition coefficient (Wildman–Crippen LogP) is 3.49. The van der Waals surface area contributed by atoms with Gasteiger partial charge in [0.25, 0.3) is 5.69 Å². The summed E-state index contributed by atoms with van der Waals surface area (Å²) in [6.07, 6.45) is 3.00. The summed E-state index contributed by atoms with van der Waals surface area (Å²) >= 11 is 0. The molecule has 1 amide bonds. The number of para-hydroxylation sites is 1. The summed E-state index contributed by atoms with van der Waals surface area (Å²) in [5, 5.41) is 13.5. The average Bonchev–Trinajstić information content (AvgIpc) is 2.60. The molecular formula is C18H18N2O4. The number of hydrogen-bond acceptors (Lipinski definition) is 4. The van der Waals surface area contributed by atoms with Crippen molar-refractivity contribution < 1.29 is 14.5 Å². The van der Waals surface area contributed by atoms with Gasteiger partial charge < -0.3 is 10.1 Å². The largest absolute Gasteiger partial charge is 0.496 e. The number of amides is 1. The molecule has 2 rings (SSSR count). The molecule has 1 atom stereocenters. The van der Waals surface area contributed by atoms with E-state index in [4.69, 9.17) is 4.74 Å². The van der Waals surface area contributed by atoms with Crippen LogP contribution >= 0.6 is 0 Å². The van der Waals surface area contributed by atoms with Crippen molar-refractivity contribution in [2.24, 2.45) is 0 Å². The number of nitro groups is 1. The summed E-state index contributed by atoms with van der Waals surface area (Å²) in [5.74, 6) is 0.455. The van der Waals surface area contributed by atoms with E-state index in [2.05, 4.69) is 5.32 Å². The van der Waals surface area contributed by atoms with Gasteiger partial charge in [0.1, 0.15) is 5.75 Å². The minimum absolute atomic E-state index is 0.0152. The lowest BCUT2D eigenvalue weighted by Gasteiger charge is -2.16. The topological polar surface area (TPSA) is 81.5 Å². The van der Waals surface area contributed by atoms with E-state index in [1.807, 2.05) is 31.2 Å². The Kier molecular flexibility index (Phi) is 5.68. The van der Waals surface area contributed by atoms with Crippen LogP contribution in [-0.4, -0.2) is 17.9 Å². The van der Waals surface area contributed by atoms with Gasteiger partial charge in [-0.15, -0.1) is 0 Å². The maximum Gasteiger partial charge on any atom is 0.269 e. The summed E-state index contributed by atoms with van der Waals surface area (Å²) in [4.78, 5) is 22.2. The Balaban J connectivity index is 2.00. The van der Waals surface area contributed by atoms with Crippen LogP contribution in [0.25, 0.3) is 6.08 Å². The molecule has 2 aromatic rings. The number of carbonyl (C=O) groups is 1. The molecule has 2 aromatic carbocycles. The highest BCUT2D eigenvalue weighted by atomic mass is 16.6. The molecule has 0 aliphatic heterocycles. The molecule has 0 spiro atoms. The number of carbonyl (C=O) groups excluding carboxylic acids is 1. The fraction of sp³-hybridized carbons (Fsp3) is 0.167. The second-order valence-corrected chi connectivity index (χ2v) is 5.15. The molecule has 124 valence electrons. The van der Waals surface area contributed by atoms with E-state index in [0.717, 1.165) is 5.56 Å². The molecule has 0 saturated carbocycles. The second kappa shape index (κ2) is 7.92. The van der Waals surface area contributed by atoms with Crippen LogP contribution in [0.1, 0.15) is 24.1 Å². The Morgan fingerprint density at radius 2 is 1.88 bits per heavy atom. The monoisotopic (exact) mass is 326 g/mol. The molecule has 0 aromatic heterocycles. The van der Waals surface area contributed by atoms with Crippen LogP contribution in [0.5, 0.6) is 5.75 Å². The van der Waals surface area contributed by atoms with Gasteiger partial charge >= 0.3 is 0 Å². The van der Waals surface area contributed by atoms with Crippen molar-refractivity contribution in [2.45, 2.75) is 13.0 Å². The number of hydrogen-bond donors (Lipinski definition) is 1. The average molecular weight is 326 g/mol. The normalized spacial score (nSPS) is 11.9. The number of ether oxygens (including phenoxy) is 1. The smallest absolute Gasteiger partial charge is 0.269 e. The fourth-order valence-corrected chi connectivity index (χ4v) is 2.24. The summed E-state index contributed by atoms with van der Waals surface area (Å²) in [6, 6.07) is 13.2. The molecule has 0 aliphatic carbocycles. The molecule has 0 fully saturated rings. The highest BCUT2D eigenvalue weighted by molar-refractivity contribution is 5.92. The first-order chi connectivity index (χ1) is 11.5. The van der Waals surface area contributed by atoms with Gasteiger partial charge in [-0.2, -0.15) is 0 Å². The van der Waals surface area contributed by atoms with Gasteiger partial charge in [-0.3, -0.25) is 14.9 Å². The lowest BCUT2D eigenvalue weighted by atomic mass is 10.1. The lowest BCUT2D eigenvalue weighted by Crippen LogP contribution is -2.24. The van der Waals surface area contributed by atoms with Gasteiger partial charge in [0.2, 0.25) is 5.91 Å². The number of nitro benzene ring substituents is 1. The fourth-order valence-electron chi connectivity index (χ4n) is 2.24. The van der Waals surface area contributed by atoms with Crippen molar-refractivity contribution >= 4 is 17.7 Å². The first kappa shape index (κ1) is 17.2. The van der Waals surface area contributed by atoms with Gasteiger partial charge in [-0.1, -0.05) is 18.2 Å². The zero-order chi connectivity index (χ0) is 17.5. The third kappa shape index (κ3) is 4.42. The van der Waals surface area contributed by atoms with Gasteiger partial charge in [0.15, 0.2) is 0 Å². The van der Waals surface area contributed by atoms with Crippen LogP contribution in [0.15, 0.2) is 54.6 Å². The molecule has 0 saturated heterocycles. The summed E-state index contributed by atoms with van der Waals surface area (Å²) in [5.41, 5.74) is 1.61. The molecule has 6 nitrogen and oxygen atoms in total. The Bertz CT molecular complexity index is 754. The number of non-ortho nitro benzene ring substituents is 1. The van der Waals surface area contributed by atoms with E-state index in [-0.39, 0.29) is 17.6 Å². The molecular weight excluding hydrogens is 308 g/mol. The zero-order valence-electron chi connectivity index (χ0n) is 13.4. The van der Waals surface area contributed by atoms with Crippen molar-refractivity contribution in [1.29, 1.82) is 0 Å². The van der Waals surface area contributed by atoms with Crippen molar-refractivity contribution in [1.82, 2.24) is 5.32 Å². The van der Waals surface area contributed by atoms with Crippen LogP contribution in [0.3, 0.4) is 0 Å². The lowest BCUT2D eigenvalue weighted by molar-refractivity contribution is -0.384. The van der Waals surface area contributed by atoms with E-state index < -0.39 is 4.92 Å². The van der Waals surface area contributed by atoms with Gasteiger partial charge in [-0.25, -0.2) is 0 Å². The highest BCUT2D eigenvalue weighted by Crippen LogP contribution is 2.24. The van der Waals surface area contributed by atoms with Crippen LogP contribution in [0.2, 0.25) is 0 Å². The number of rotatable bonds is 6. The standard InChI is InChI=1S/C18H18N2O4/c1-13(16-5-3-4-6-17(16)24-2)19-18(21)12-9-14-7-10-15(11-8-14)20(22)23/h3-13H,1-2H3,(H,19,21)/b12-9+/t13-/m1/s1. The molecule has 1 N–H and O–H groups in total. The minimum Gasteiger partial charge on any atom is -0.496 e. The van der Waals surface area contributed by atoms with Crippen molar-refractivity contribution in [3.63, 3.8) is 0 Å². The molecule has 0 aliphatic rings. The summed E-state index contributed by atoms with van der Waals surface area (Å²) in [6.45, 7) is 1.87. The summed E-state index contributed by atoms with van der Waals surface area (Å²) < 4.78 is 5.28. The van der Waals surface area contributed by atoms with E-state index in [1.165, 1.54) is 18.2 Å². The maximum absolute atomic E-state index is 12.0. The van der Waals surface area contributed by atoms with Gasteiger partial charge in [0.05, 0.1) is 18.1 Å². The third-order valence-electron chi connectivity index (χ3n) is 3.50. The number of methoxy groups -OCH3 is 1. The van der Waals surface area contributed by atoms with E-state index in [9.17, 15) is 14.9 Å². The van der Waals surface area contributed by atoms with Crippen LogP contribution in [0, 0.1) is 10.1 Å². The first-order valence-electron chi connectivity index (χ1n) is 7.37. The molecule has 0 unspecified atom stereocenters. The predicted molar refractivity (Wildman–Crippen MR) is 91.7 cm³/mol. The van der Waals surface area contributed by atoms with Crippen LogP contribution < -0.4 is 10.1 Å². The highest BCUT2D eigenvalue weighted by Gasteiger charge is 2.12. The molecule has 6 heteroatoms. The second-order valence-electron chi connectivity index (χ2n) is 5.15. The Morgan fingerprint density at radius 1 is 1.21 bits per heavy atom. The number of nitrogens with one attached hydrogen (secondary N) is 1. The molecule has 0 radical (unpaired) electrons. The zero-order valence-corrected chi connectivity index (χ0v) is 13.4. The van der Waals surface area contributed by atoms with E-state index in [1.54, 1.807) is 25.3 Å². The van der Waals surface area contributed by atoms with Gasteiger partial charge in [0, 0.05) is 23.8 Å². The quantitative estimate of drug-likeness (QED) is 0.500.